The number of likely N-dealkylation sites (tertiary alicyclic amines) is 1. The van der Waals surface area contributed by atoms with Crippen molar-refractivity contribution in [3.8, 4) is 11.5 Å². The van der Waals surface area contributed by atoms with Gasteiger partial charge in [-0.15, -0.1) is 13.2 Å². The van der Waals surface area contributed by atoms with Crippen LogP contribution in [0, 0.1) is 11.8 Å². The highest BCUT2D eigenvalue weighted by atomic mass is 32.2. The minimum absolute atomic E-state index is 0.0566. The van der Waals surface area contributed by atoms with Crippen molar-refractivity contribution in [2.24, 2.45) is 11.8 Å². The van der Waals surface area contributed by atoms with Crippen LogP contribution in [0.3, 0.4) is 0 Å². The van der Waals surface area contributed by atoms with Crippen LogP contribution in [0.5, 0.6) is 11.5 Å². The van der Waals surface area contributed by atoms with E-state index in [-0.39, 0.29) is 53.2 Å². The number of carbonyl (C=O) groups is 2. The molecule has 3 aromatic carbocycles. The van der Waals surface area contributed by atoms with Crippen molar-refractivity contribution in [1.82, 2.24) is 19.5 Å². The molecular weight excluding hydrogens is 661 g/mol. The number of alkyl halides is 3. The summed E-state index contributed by atoms with van der Waals surface area (Å²) in [6.45, 7) is 3.30. The molecule has 1 saturated carbocycles. The number of nitrogens with one attached hydrogen (secondary N) is 1. The van der Waals surface area contributed by atoms with E-state index in [1.165, 1.54) is 28.6 Å². The molecule has 2 fully saturated rings. The molecule has 14 heteroatoms. The number of pyridine rings is 1. The zero-order chi connectivity index (χ0) is 34.8. The lowest BCUT2D eigenvalue weighted by Crippen LogP contribution is -2.37. The number of benzene rings is 3. The lowest BCUT2D eigenvalue weighted by Gasteiger charge is -2.23. The number of aromatic nitrogens is 1. The highest BCUT2D eigenvalue weighted by Crippen LogP contribution is 2.46. The smallest absolute Gasteiger partial charge is 0.494 e. The maximum Gasteiger partial charge on any atom is 0.573 e. The summed E-state index contributed by atoms with van der Waals surface area (Å²) in [6, 6.07) is 21.2. The predicted molar refractivity (Wildman–Crippen MR) is 172 cm³/mol. The van der Waals surface area contributed by atoms with Crippen molar-refractivity contribution in [3.05, 3.63) is 120 Å². The van der Waals surface area contributed by atoms with Crippen LogP contribution < -0.4 is 14.8 Å². The third kappa shape index (κ3) is 8.03. The molecular formula is C35H33F3N4O6S. The highest BCUT2D eigenvalue weighted by Gasteiger charge is 2.57. The van der Waals surface area contributed by atoms with Crippen LogP contribution in [0.25, 0.3) is 0 Å². The number of hydrogen-bond donors (Lipinski definition) is 1. The van der Waals surface area contributed by atoms with E-state index in [2.05, 4.69) is 15.0 Å². The monoisotopic (exact) mass is 694 g/mol. The molecule has 10 nitrogen and oxygen atoms in total. The molecule has 0 bridgehead atoms. The van der Waals surface area contributed by atoms with Gasteiger partial charge in [0, 0.05) is 67.6 Å². The second-order valence-electron chi connectivity index (χ2n) is 11.8. The van der Waals surface area contributed by atoms with Crippen molar-refractivity contribution in [2.45, 2.75) is 37.3 Å². The van der Waals surface area contributed by atoms with Crippen molar-refractivity contribution < 1.29 is 40.7 Å². The molecule has 49 heavy (non-hydrogen) atoms. The maximum atomic E-state index is 13.7. The third-order valence-corrected chi connectivity index (χ3v) is 10.3. The van der Waals surface area contributed by atoms with E-state index >= 15 is 0 Å². The van der Waals surface area contributed by atoms with E-state index in [1.54, 1.807) is 65.8 Å². The van der Waals surface area contributed by atoms with Gasteiger partial charge >= 0.3 is 6.36 Å². The van der Waals surface area contributed by atoms with E-state index in [0.717, 1.165) is 17.7 Å². The average molecular weight is 695 g/mol. The summed E-state index contributed by atoms with van der Waals surface area (Å²) < 4.78 is 75.4. The maximum absolute atomic E-state index is 13.7. The van der Waals surface area contributed by atoms with Crippen molar-refractivity contribution >= 4 is 21.8 Å². The first-order valence-electron chi connectivity index (χ1n) is 15.6. The topological polar surface area (TPSA) is 118 Å². The van der Waals surface area contributed by atoms with Crippen molar-refractivity contribution in [1.29, 1.82) is 0 Å². The van der Waals surface area contributed by atoms with Crippen LogP contribution in [-0.2, 0) is 23.1 Å². The Hall–Kier alpha value is -4.95. The summed E-state index contributed by atoms with van der Waals surface area (Å²) in [4.78, 5) is 31.8. The molecule has 256 valence electrons. The number of hydrogen-bond acceptors (Lipinski definition) is 7. The summed E-state index contributed by atoms with van der Waals surface area (Å²) >= 11 is 0. The van der Waals surface area contributed by atoms with Crippen LogP contribution in [0.1, 0.15) is 38.8 Å². The van der Waals surface area contributed by atoms with Crippen LogP contribution in [-0.4, -0.2) is 66.5 Å². The normalized spacial score (nSPS) is 18.6. The Morgan fingerprint density at radius 1 is 0.878 bits per heavy atom. The van der Waals surface area contributed by atoms with Gasteiger partial charge in [-0.05, 0) is 84.8 Å². The van der Waals surface area contributed by atoms with Crippen LogP contribution in [0.15, 0.2) is 102 Å². The lowest BCUT2D eigenvalue weighted by molar-refractivity contribution is -0.274. The first kappa shape index (κ1) is 33.9. The largest absolute Gasteiger partial charge is 0.573 e. The SMILES string of the molecule is CCOc1ccc(S(=O)(=O)N(Cc2ccc(C(=O)N[C@H]3[C@@H]4CN(C(=O)c5ccc(OC(F)(F)F)cc5)C[C@@H]43)cc2)Cc2cccnc2)cc1. The quantitative estimate of drug-likeness (QED) is 0.215. The lowest BCUT2D eigenvalue weighted by atomic mass is 10.1. The Labute approximate surface area is 281 Å². The molecule has 0 radical (unpaired) electrons. The fourth-order valence-corrected chi connectivity index (χ4v) is 7.45. The van der Waals surface area contributed by atoms with Gasteiger partial charge in [0.15, 0.2) is 0 Å². The summed E-state index contributed by atoms with van der Waals surface area (Å²) in [5.74, 6) is -0.253. The predicted octanol–water partition coefficient (Wildman–Crippen LogP) is 5.27. The number of piperidine rings is 1. The molecule has 1 N–H and O–H groups in total. The van der Waals surface area contributed by atoms with Gasteiger partial charge < -0.3 is 19.7 Å². The number of halogens is 3. The zero-order valence-corrected chi connectivity index (χ0v) is 27.2. The summed E-state index contributed by atoms with van der Waals surface area (Å²) in [5, 5.41) is 3.03. The van der Waals surface area contributed by atoms with Gasteiger partial charge in [-0.2, -0.15) is 4.31 Å². The summed E-state index contributed by atoms with van der Waals surface area (Å²) in [6.07, 6.45) is -1.58. The molecule has 2 heterocycles. The standard InChI is InChI=1S/C35H33F3N4O6S/c1-2-47-27-13-15-29(16-14-27)49(45,46)42(20-24-4-3-17-39-18-24)19-23-5-7-25(8-6-23)33(43)40-32-30-21-41(22-31(30)32)34(44)26-9-11-28(12-10-26)48-35(36,37)38/h3-18,30-32H,2,19-22H2,1H3,(H,40,43)/t30-,31+,32+. The molecule has 3 atom stereocenters. The molecule has 6 rings (SSSR count). The fourth-order valence-electron chi connectivity index (χ4n) is 6.03. The van der Waals surface area contributed by atoms with Gasteiger partial charge in [-0.3, -0.25) is 14.6 Å². The molecule has 0 spiro atoms. The Morgan fingerprint density at radius 2 is 1.49 bits per heavy atom. The van der Waals surface area contributed by atoms with E-state index in [0.29, 0.717) is 36.6 Å². The van der Waals surface area contributed by atoms with Gasteiger partial charge in [0.05, 0.1) is 11.5 Å². The number of carbonyl (C=O) groups excluding carboxylic acids is 2. The number of fused-ring (bicyclic) bond motifs is 1. The van der Waals surface area contributed by atoms with Crippen molar-refractivity contribution in [3.63, 3.8) is 0 Å². The molecule has 1 aliphatic heterocycles. The zero-order valence-electron chi connectivity index (χ0n) is 26.3. The van der Waals surface area contributed by atoms with Crippen LogP contribution in [0.2, 0.25) is 0 Å². The van der Waals surface area contributed by atoms with Gasteiger partial charge in [0.25, 0.3) is 11.8 Å². The number of amides is 2. The second kappa shape index (κ2) is 13.9. The van der Waals surface area contributed by atoms with E-state index < -0.39 is 22.1 Å². The minimum atomic E-state index is -4.81. The van der Waals surface area contributed by atoms with Gasteiger partial charge in [-0.1, -0.05) is 18.2 Å². The molecule has 2 amide bonds. The Morgan fingerprint density at radius 3 is 2.08 bits per heavy atom. The summed E-state index contributed by atoms with van der Waals surface area (Å²) in [5.41, 5.74) is 2.07. The minimum Gasteiger partial charge on any atom is -0.494 e. The Kier molecular flexibility index (Phi) is 9.61. The third-order valence-electron chi connectivity index (χ3n) is 8.54. The molecule has 4 aromatic rings. The molecule has 2 aliphatic rings. The van der Waals surface area contributed by atoms with E-state index in [9.17, 15) is 31.2 Å². The fraction of sp³-hybridized carbons (Fsp3) is 0.286. The number of nitrogens with zero attached hydrogens (tertiary/aromatic N) is 3. The molecule has 0 unspecified atom stereocenters. The number of sulfonamides is 1. The van der Waals surface area contributed by atoms with Gasteiger partial charge in [-0.25, -0.2) is 8.42 Å². The molecule has 1 saturated heterocycles. The highest BCUT2D eigenvalue weighted by molar-refractivity contribution is 7.89. The van der Waals surface area contributed by atoms with Gasteiger partial charge in [0.1, 0.15) is 11.5 Å². The Bertz CT molecular complexity index is 1880. The van der Waals surface area contributed by atoms with E-state index in [1.807, 2.05) is 6.92 Å². The number of ether oxygens (including phenoxy) is 2. The Balaban J connectivity index is 1.05. The first-order chi connectivity index (χ1) is 23.4. The van der Waals surface area contributed by atoms with Gasteiger partial charge in [0.2, 0.25) is 10.0 Å². The second-order valence-corrected chi connectivity index (χ2v) is 13.8. The van der Waals surface area contributed by atoms with Crippen molar-refractivity contribution in [2.75, 3.05) is 19.7 Å². The molecule has 1 aromatic heterocycles. The van der Waals surface area contributed by atoms with Crippen LogP contribution >= 0.6 is 0 Å². The average Bonchev–Trinajstić information content (AvgIpc) is 3.50. The molecule has 1 aliphatic carbocycles. The van der Waals surface area contributed by atoms with Crippen LogP contribution in [0.4, 0.5) is 13.2 Å². The first-order valence-corrected chi connectivity index (χ1v) is 17.0. The van der Waals surface area contributed by atoms with E-state index in [4.69, 9.17) is 4.74 Å². The summed E-state index contributed by atoms with van der Waals surface area (Å²) in [7, 11) is -3.91. The number of rotatable bonds is 12.